The van der Waals surface area contributed by atoms with E-state index in [1.165, 1.54) is 5.56 Å². The minimum absolute atomic E-state index is 0.0159. The van der Waals surface area contributed by atoms with Crippen LogP contribution in [0.5, 0.6) is 5.75 Å². The molecule has 1 heterocycles. The monoisotopic (exact) mass is 310 g/mol. The number of carbonyl (C=O) groups is 1. The molecule has 1 amide bonds. The van der Waals surface area contributed by atoms with Gasteiger partial charge in [0.15, 0.2) is 0 Å². The van der Waals surface area contributed by atoms with E-state index in [1.807, 2.05) is 31.2 Å². The number of rotatable bonds is 4. The Morgan fingerprint density at radius 3 is 2.83 bits per heavy atom. The van der Waals surface area contributed by atoms with E-state index >= 15 is 0 Å². The molecule has 0 aromatic heterocycles. The number of hydrogen-bond donors (Lipinski definition) is 2. The molecule has 4 nitrogen and oxygen atoms in total. The maximum absolute atomic E-state index is 12.4. The Labute approximate surface area is 136 Å². The zero-order valence-corrected chi connectivity index (χ0v) is 13.6. The zero-order valence-electron chi connectivity index (χ0n) is 13.6. The highest BCUT2D eigenvalue weighted by Crippen LogP contribution is 2.40. The van der Waals surface area contributed by atoms with Gasteiger partial charge in [0, 0.05) is 30.6 Å². The molecular formula is C19H22N2O2. The average Bonchev–Trinajstić information content (AvgIpc) is 2.97. The second-order valence-electron chi connectivity index (χ2n) is 5.89. The van der Waals surface area contributed by atoms with Crippen molar-refractivity contribution in [2.24, 2.45) is 5.73 Å². The van der Waals surface area contributed by atoms with Crippen LogP contribution in [0.15, 0.2) is 36.4 Å². The lowest BCUT2D eigenvalue weighted by Crippen LogP contribution is -2.24. The molecule has 2 aromatic carbocycles. The van der Waals surface area contributed by atoms with Gasteiger partial charge in [-0.15, -0.1) is 0 Å². The highest BCUT2D eigenvalue weighted by molar-refractivity contribution is 6.01. The van der Waals surface area contributed by atoms with Crippen LogP contribution < -0.4 is 15.8 Å². The van der Waals surface area contributed by atoms with Crippen molar-refractivity contribution in [2.45, 2.75) is 26.4 Å². The number of carbonyl (C=O) groups excluding carboxylic acids is 1. The summed E-state index contributed by atoms with van der Waals surface area (Å²) in [6.07, 6.45) is 0.839. The fourth-order valence-corrected chi connectivity index (χ4v) is 3.10. The van der Waals surface area contributed by atoms with Crippen molar-refractivity contribution in [3.63, 3.8) is 0 Å². The molecule has 23 heavy (non-hydrogen) atoms. The van der Waals surface area contributed by atoms with Gasteiger partial charge < -0.3 is 15.8 Å². The van der Waals surface area contributed by atoms with E-state index in [0.717, 1.165) is 28.9 Å². The average molecular weight is 310 g/mol. The molecule has 3 N–H and O–H groups in total. The fraction of sp³-hybridized carbons (Fsp3) is 0.316. The summed E-state index contributed by atoms with van der Waals surface area (Å²) >= 11 is 0. The molecule has 0 saturated heterocycles. The summed E-state index contributed by atoms with van der Waals surface area (Å²) in [5, 5.41) is 2.87. The van der Waals surface area contributed by atoms with Crippen molar-refractivity contribution in [1.82, 2.24) is 5.32 Å². The molecule has 0 saturated carbocycles. The van der Waals surface area contributed by atoms with Gasteiger partial charge in [-0.05, 0) is 42.7 Å². The second kappa shape index (κ2) is 6.42. The molecule has 2 aromatic rings. The fourth-order valence-electron chi connectivity index (χ4n) is 3.10. The van der Waals surface area contributed by atoms with Crippen molar-refractivity contribution in [3.05, 3.63) is 53.1 Å². The number of fused-ring (bicyclic) bond motifs is 1. The van der Waals surface area contributed by atoms with Crippen LogP contribution in [0.25, 0.3) is 11.1 Å². The molecule has 1 atom stereocenters. The first-order valence-corrected chi connectivity index (χ1v) is 8.01. The standard InChI is InChI=1S/C19H22N2O2/c1-3-21-19(22)16-7-5-4-6-15(16)17-9-12(2)8-13-10-14(11-20)23-18(13)17/h4-9,14H,3,10-11,20H2,1-2H3,(H,21,22)/t14-/m0/s1. The Morgan fingerprint density at radius 2 is 2.09 bits per heavy atom. The van der Waals surface area contributed by atoms with Gasteiger partial charge in [-0.1, -0.05) is 24.3 Å². The zero-order chi connectivity index (χ0) is 16.4. The molecule has 4 heteroatoms. The quantitative estimate of drug-likeness (QED) is 0.912. The molecule has 1 aliphatic rings. The molecule has 0 fully saturated rings. The third-order valence-electron chi connectivity index (χ3n) is 4.10. The van der Waals surface area contributed by atoms with Gasteiger partial charge in [0.2, 0.25) is 0 Å². The topological polar surface area (TPSA) is 64.3 Å². The second-order valence-corrected chi connectivity index (χ2v) is 5.89. The molecule has 1 aliphatic heterocycles. The number of benzene rings is 2. The van der Waals surface area contributed by atoms with Crippen LogP contribution in [0.2, 0.25) is 0 Å². The van der Waals surface area contributed by atoms with Gasteiger partial charge in [0.25, 0.3) is 5.91 Å². The Morgan fingerprint density at radius 1 is 1.30 bits per heavy atom. The van der Waals surface area contributed by atoms with Crippen molar-refractivity contribution in [3.8, 4) is 16.9 Å². The van der Waals surface area contributed by atoms with E-state index in [4.69, 9.17) is 10.5 Å². The van der Waals surface area contributed by atoms with E-state index < -0.39 is 0 Å². The van der Waals surface area contributed by atoms with Crippen LogP contribution in [0.4, 0.5) is 0 Å². The van der Waals surface area contributed by atoms with Gasteiger partial charge >= 0.3 is 0 Å². The summed E-state index contributed by atoms with van der Waals surface area (Å²) < 4.78 is 6.03. The lowest BCUT2D eigenvalue weighted by molar-refractivity contribution is 0.0956. The first-order chi connectivity index (χ1) is 11.1. The van der Waals surface area contributed by atoms with E-state index in [1.54, 1.807) is 0 Å². The Bertz CT molecular complexity index is 740. The number of amides is 1. The summed E-state index contributed by atoms with van der Waals surface area (Å²) in [6.45, 7) is 5.07. The molecule has 0 bridgehead atoms. The summed E-state index contributed by atoms with van der Waals surface area (Å²) in [6, 6.07) is 11.9. The molecule has 0 spiro atoms. The predicted molar refractivity (Wildman–Crippen MR) is 91.8 cm³/mol. The molecule has 0 aliphatic carbocycles. The molecule has 0 unspecified atom stereocenters. The number of ether oxygens (including phenoxy) is 1. The van der Waals surface area contributed by atoms with Gasteiger partial charge in [0.05, 0.1) is 0 Å². The smallest absolute Gasteiger partial charge is 0.251 e. The predicted octanol–water partition coefficient (Wildman–Crippen LogP) is 2.67. The van der Waals surface area contributed by atoms with Crippen LogP contribution in [0, 0.1) is 6.92 Å². The van der Waals surface area contributed by atoms with Crippen LogP contribution >= 0.6 is 0 Å². The normalized spacial score (nSPS) is 15.9. The Hall–Kier alpha value is -2.33. The summed E-state index contributed by atoms with van der Waals surface area (Å²) in [5.41, 5.74) is 10.6. The molecule has 120 valence electrons. The van der Waals surface area contributed by atoms with Gasteiger partial charge in [-0.25, -0.2) is 0 Å². The van der Waals surface area contributed by atoms with Crippen molar-refractivity contribution in [2.75, 3.05) is 13.1 Å². The van der Waals surface area contributed by atoms with E-state index in [9.17, 15) is 4.79 Å². The minimum Gasteiger partial charge on any atom is -0.488 e. The maximum atomic E-state index is 12.4. The van der Waals surface area contributed by atoms with E-state index in [2.05, 4.69) is 24.4 Å². The largest absolute Gasteiger partial charge is 0.488 e. The third-order valence-corrected chi connectivity index (χ3v) is 4.10. The highest BCUT2D eigenvalue weighted by Gasteiger charge is 2.26. The van der Waals surface area contributed by atoms with Crippen LogP contribution in [0.3, 0.4) is 0 Å². The summed E-state index contributed by atoms with van der Waals surface area (Å²) in [7, 11) is 0. The SMILES string of the molecule is CCNC(=O)c1ccccc1-c1cc(C)cc2c1O[C@H](CN)C2. The van der Waals surface area contributed by atoms with E-state index in [-0.39, 0.29) is 12.0 Å². The number of aryl methyl sites for hydroxylation is 1. The molecular weight excluding hydrogens is 288 g/mol. The number of nitrogens with one attached hydrogen (secondary N) is 1. The number of nitrogens with two attached hydrogens (primary N) is 1. The van der Waals surface area contributed by atoms with Gasteiger partial charge in [0.1, 0.15) is 11.9 Å². The van der Waals surface area contributed by atoms with Crippen LogP contribution in [-0.4, -0.2) is 25.1 Å². The summed E-state index contributed by atoms with van der Waals surface area (Å²) in [5.74, 6) is 0.800. The molecule has 0 radical (unpaired) electrons. The lowest BCUT2D eigenvalue weighted by Gasteiger charge is -2.15. The molecule has 3 rings (SSSR count). The number of hydrogen-bond acceptors (Lipinski definition) is 3. The van der Waals surface area contributed by atoms with Crippen LogP contribution in [0.1, 0.15) is 28.4 Å². The summed E-state index contributed by atoms with van der Waals surface area (Å²) in [4.78, 5) is 12.4. The first kappa shape index (κ1) is 15.6. The third kappa shape index (κ3) is 2.94. The maximum Gasteiger partial charge on any atom is 0.251 e. The van der Waals surface area contributed by atoms with Crippen LogP contribution in [-0.2, 0) is 6.42 Å². The van der Waals surface area contributed by atoms with Crippen molar-refractivity contribution >= 4 is 5.91 Å². The van der Waals surface area contributed by atoms with Crippen molar-refractivity contribution < 1.29 is 9.53 Å². The first-order valence-electron chi connectivity index (χ1n) is 8.01. The van der Waals surface area contributed by atoms with Crippen molar-refractivity contribution in [1.29, 1.82) is 0 Å². The lowest BCUT2D eigenvalue weighted by atomic mass is 9.94. The van der Waals surface area contributed by atoms with E-state index in [0.29, 0.717) is 18.7 Å². The highest BCUT2D eigenvalue weighted by atomic mass is 16.5. The van der Waals surface area contributed by atoms with Gasteiger partial charge in [-0.2, -0.15) is 0 Å². The van der Waals surface area contributed by atoms with Gasteiger partial charge in [-0.3, -0.25) is 4.79 Å². The Balaban J connectivity index is 2.13. The minimum atomic E-state index is -0.0632. The Kier molecular flexibility index (Phi) is 4.35.